The van der Waals surface area contributed by atoms with E-state index in [2.05, 4.69) is 33.2 Å². The third-order valence-corrected chi connectivity index (χ3v) is 8.33. The third-order valence-electron chi connectivity index (χ3n) is 8.33. The van der Waals surface area contributed by atoms with Gasteiger partial charge in [0, 0.05) is 62.7 Å². The number of para-hydroxylation sites is 1. The second-order valence-corrected chi connectivity index (χ2v) is 12.2. The number of nitrogens with zero attached hydrogens (tertiary/aromatic N) is 3. The maximum absolute atomic E-state index is 9.05. The monoisotopic (exact) mass is 866 g/mol. The summed E-state index contributed by atoms with van der Waals surface area (Å²) < 4.78 is 94.8. The molecule has 259 valence electrons. The van der Waals surface area contributed by atoms with Crippen molar-refractivity contribution in [3.05, 3.63) is 162 Å². The predicted octanol–water partition coefficient (Wildman–Crippen LogP) is 11.7. The first-order chi connectivity index (χ1) is 28.9. The van der Waals surface area contributed by atoms with E-state index in [0.717, 1.165) is 39.4 Å². The molecule has 0 spiro atoms. The molecule has 0 aliphatic rings. The molecule has 0 amide bonds. The average Bonchev–Trinajstić information content (AvgIpc) is 3.82. The Morgan fingerprint density at radius 1 is 0.750 bits per heavy atom. The summed E-state index contributed by atoms with van der Waals surface area (Å²) in [4.78, 5) is 13.0. The molecule has 0 fully saturated rings. The van der Waals surface area contributed by atoms with E-state index in [1.54, 1.807) is 50.4 Å². The Bertz CT molecular complexity index is 3050. The number of fused-ring (bicyclic) bond motifs is 6. The molecule has 9 rings (SSSR count). The van der Waals surface area contributed by atoms with Crippen molar-refractivity contribution in [3.8, 4) is 22.5 Å². The van der Waals surface area contributed by atoms with Crippen molar-refractivity contribution in [2.75, 3.05) is 0 Å². The zero-order chi connectivity index (χ0) is 43.5. The number of hydrogen-bond acceptors (Lipinski definition) is 5. The number of hydrogen-bond donors (Lipinski definition) is 0. The third kappa shape index (κ3) is 6.92. The van der Waals surface area contributed by atoms with E-state index in [0.29, 0.717) is 16.3 Å². The molecule has 0 atom stereocenters. The molecule has 0 N–H and O–H groups in total. The van der Waals surface area contributed by atoms with E-state index in [4.69, 9.17) is 22.5 Å². The molecule has 0 aliphatic heterocycles. The second kappa shape index (κ2) is 15.1. The van der Waals surface area contributed by atoms with Crippen molar-refractivity contribution >= 4 is 44.0 Å². The topological polar surface area (TPSA) is 65.0 Å². The van der Waals surface area contributed by atoms with Gasteiger partial charge in [-0.05, 0) is 73.6 Å². The van der Waals surface area contributed by atoms with Crippen LogP contribution in [0.5, 0.6) is 0 Å². The van der Waals surface area contributed by atoms with Crippen LogP contribution in [0, 0.1) is 31.8 Å². The van der Waals surface area contributed by atoms with Crippen LogP contribution in [-0.4, -0.2) is 15.0 Å². The van der Waals surface area contributed by atoms with E-state index < -0.39 is 32.4 Å². The summed E-state index contributed by atoms with van der Waals surface area (Å²) >= 11 is 0. The van der Waals surface area contributed by atoms with Gasteiger partial charge < -0.3 is 18.8 Å². The van der Waals surface area contributed by atoms with Crippen LogP contribution in [0.4, 0.5) is 0 Å². The molecule has 0 unspecified atom stereocenters. The second-order valence-electron chi connectivity index (χ2n) is 12.2. The minimum Gasteiger partial charge on any atom is -0.501 e. The number of pyridine rings is 3. The Labute approximate surface area is 331 Å². The van der Waals surface area contributed by atoms with Crippen molar-refractivity contribution in [1.29, 1.82) is 0 Å². The summed E-state index contributed by atoms with van der Waals surface area (Å²) in [6, 6.07) is 38.4. The summed E-state index contributed by atoms with van der Waals surface area (Å²) in [7, 11) is 0. The first-order valence-electron chi connectivity index (χ1n) is 21.5. The van der Waals surface area contributed by atoms with Gasteiger partial charge >= 0.3 is 0 Å². The van der Waals surface area contributed by atoms with Crippen molar-refractivity contribution in [3.63, 3.8) is 0 Å². The molecule has 0 bridgehead atoms. The fraction of sp³-hybridized carbons (Fsp3) is 0.152. The van der Waals surface area contributed by atoms with Crippen molar-refractivity contribution in [2.45, 2.75) is 40.3 Å². The van der Waals surface area contributed by atoms with Gasteiger partial charge in [-0.1, -0.05) is 114 Å². The largest absolute Gasteiger partial charge is 0.501 e. The van der Waals surface area contributed by atoms with Gasteiger partial charge in [0.1, 0.15) is 5.58 Å². The van der Waals surface area contributed by atoms with Crippen LogP contribution in [0.15, 0.2) is 130 Å². The normalized spacial score (nSPS) is 15.1. The fourth-order valence-electron chi connectivity index (χ4n) is 6.08. The zero-order valence-corrected chi connectivity index (χ0v) is 30.5. The maximum atomic E-state index is 9.05. The molecule has 5 aromatic heterocycles. The predicted molar refractivity (Wildman–Crippen MR) is 207 cm³/mol. The molecule has 4 aromatic carbocycles. The van der Waals surface area contributed by atoms with E-state index >= 15 is 0 Å². The van der Waals surface area contributed by atoms with Gasteiger partial charge in [0.25, 0.3) is 0 Å². The van der Waals surface area contributed by atoms with Gasteiger partial charge in [0.2, 0.25) is 5.71 Å². The van der Waals surface area contributed by atoms with Gasteiger partial charge in [-0.2, -0.15) is 0 Å². The SMILES string of the molecule is [2H]C([2H])([2H])c1ccc2c(n1)oc1c(-c3cc(C([2H])([2H])C(C)C)c(C([2H])([2H])[2H])cn3)[c-]cc(C([2H])([2H])c3ccccc3)c12.[Ir].[c-]1ccc2c(oc3ccccc32)c1-c1ccccn1. The molecular formula is C46H37IrN3O2-2. The van der Waals surface area contributed by atoms with E-state index in [1.807, 2.05) is 48.5 Å². The Kier molecular flexibility index (Phi) is 7.15. The first-order valence-corrected chi connectivity index (χ1v) is 16.5. The van der Waals surface area contributed by atoms with Gasteiger partial charge in [0.05, 0.1) is 11.2 Å². The van der Waals surface area contributed by atoms with E-state index in [-0.39, 0.29) is 65.0 Å². The Morgan fingerprint density at radius 2 is 1.58 bits per heavy atom. The smallest absolute Gasteiger partial charge is 0.216 e. The zero-order valence-electron chi connectivity index (χ0n) is 38.1. The van der Waals surface area contributed by atoms with Crippen LogP contribution in [0.25, 0.3) is 66.5 Å². The van der Waals surface area contributed by atoms with E-state index in [9.17, 15) is 0 Å². The molecule has 0 aliphatic carbocycles. The average molecular weight is 866 g/mol. The molecule has 9 aromatic rings. The van der Waals surface area contributed by atoms with Gasteiger partial charge in [-0.25, -0.2) is 4.98 Å². The summed E-state index contributed by atoms with van der Waals surface area (Å²) in [5.41, 5.74) is 4.13. The van der Waals surface area contributed by atoms with Crippen LogP contribution < -0.4 is 0 Å². The van der Waals surface area contributed by atoms with Crippen LogP contribution in [0.2, 0.25) is 0 Å². The first kappa shape index (κ1) is 24.7. The number of rotatable bonds is 6. The van der Waals surface area contributed by atoms with E-state index in [1.165, 1.54) is 24.3 Å². The molecular weight excluding hydrogens is 819 g/mol. The molecule has 0 saturated carbocycles. The number of aryl methyl sites for hydroxylation is 2. The molecule has 5 nitrogen and oxygen atoms in total. The summed E-state index contributed by atoms with van der Waals surface area (Å²) in [6.45, 7) is -1.82. The summed E-state index contributed by atoms with van der Waals surface area (Å²) in [5.74, 6) is -0.563. The summed E-state index contributed by atoms with van der Waals surface area (Å²) in [5, 5.41) is 2.94. The number of benzene rings is 4. The number of aromatic nitrogens is 3. The molecule has 5 heterocycles. The molecule has 6 heteroatoms. The minimum absolute atomic E-state index is 0. The van der Waals surface area contributed by atoms with Gasteiger partial charge in [-0.3, -0.25) is 0 Å². The quantitative estimate of drug-likeness (QED) is 0.156. The van der Waals surface area contributed by atoms with Crippen molar-refractivity contribution in [1.82, 2.24) is 15.0 Å². The standard InChI is InChI=1S/C29H27N2O.C17H10NO.Ir/c1-18(2)14-23-16-26(30-17-19(23)3)24-13-11-22(15-21-8-6-5-7-9-21)27-25-12-10-20(4)31-29(25)32-28(24)27;1-2-10-16-12(6-1)13-7-5-8-14(17(13)19-16)15-9-3-4-11-18-15;/h5-12,16-18H,14-15H2,1-4H3;1-7,9-11H;/q2*-1;/i3D3,4D3,14D2,15D2;;. The molecule has 0 saturated heterocycles. The van der Waals surface area contributed by atoms with Crippen LogP contribution >= 0.6 is 0 Å². The summed E-state index contributed by atoms with van der Waals surface area (Å²) in [6.07, 6.45) is -1.13. The van der Waals surface area contributed by atoms with Crippen molar-refractivity contribution in [2.24, 2.45) is 5.92 Å². The maximum Gasteiger partial charge on any atom is 0.216 e. The van der Waals surface area contributed by atoms with Crippen LogP contribution in [0.3, 0.4) is 0 Å². The van der Waals surface area contributed by atoms with Gasteiger partial charge in [-0.15, -0.1) is 35.9 Å². The Balaban J connectivity index is 0.000000239. The number of furan rings is 2. The van der Waals surface area contributed by atoms with Crippen LogP contribution in [0.1, 0.15) is 55.5 Å². The Morgan fingerprint density at radius 3 is 2.38 bits per heavy atom. The van der Waals surface area contributed by atoms with Gasteiger partial charge in [0.15, 0.2) is 0 Å². The fourth-order valence-corrected chi connectivity index (χ4v) is 6.08. The molecule has 1 radical (unpaired) electrons. The minimum atomic E-state index is -2.62. The Hall–Kier alpha value is -5.42. The van der Waals surface area contributed by atoms with Crippen molar-refractivity contribution < 1.29 is 42.6 Å². The van der Waals surface area contributed by atoms with Crippen LogP contribution in [-0.2, 0) is 32.9 Å². The molecule has 52 heavy (non-hydrogen) atoms.